The standard InChI is InChI=1S/C14H27NO/c1-3-11-8-9-12(10(11)2)15-13-6-4-5-7-14(13)16/h10-16H,3-9H2,1-2H3/t10?,11?,12?,13-,14-/m0/s1. The van der Waals surface area contributed by atoms with Gasteiger partial charge in [0.25, 0.3) is 0 Å². The van der Waals surface area contributed by atoms with Crippen molar-refractivity contribution in [3.63, 3.8) is 0 Å². The van der Waals surface area contributed by atoms with Crippen LogP contribution in [0, 0.1) is 11.8 Å². The van der Waals surface area contributed by atoms with Crippen molar-refractivity contribution < 1.29 is 5.11 Å². The summed E-state index contributed by atoms with van der Waals surface area (Å²) >= 11 is 0. The molecule has 0 aromatic heterocycles. The van der Waals surface area contributed by atoms with Gasteiger partial charge in [0.15, 0.2) is 0 Å². The normalized spacial score (nSPS) is 44.8. The van der Waals surface area contributed by atoms with Gasteiger partial charge in [-0.15, -0.1) is 0 Å². The zero-order valence-electron chi connectivity index (χ0n) is 10.8. The van der Waals surface area contributed by atoms with Crippen LogP contribution in [-0.4, -0.2) is 23.3 Å². The molecule has 2 aliphatic rings. The van der Waals surface area contributed by atoms with Crippen molar-refractivity contribution in [3.8, 4) is 0 Å². The molecular weight excluding hydrogens is 198 g/mol. The quantitative estimate of drug-likeness (QED) is 0.774. The Hall–Kier alpha value is -0.0800. The van der Waals surface area contributed by atoms with E-state index in [4.69, 9.17) is 0 Å². The van der Waals surface area contributed by atoms with Gasteiger partial charge in [0.05, 0.1) is 6.10 Å². The van der Waals surface area contributed by atoms with E-state index in [1.165, 1.54) is 38.5 Å². The van der Waals surface area contributed by atoms with Crippen LogP contribution in [0.4, 0.5) is 0 Å². The third-order valence-electron chi connectivity index (χ3n) is 4.91. The summed E-state index contributed by atoms with van der Waals surface area (Å²) < 4.78 is 0. The molecule has 3 unspecified atom stereocenters. The molecule has 0 spiro atoms. The molecule has 0 heterocycles. The van der Waals surface area contributed by atoms with Crippen molar-refractivity contribution >= 4 is 0 Å². The first-order valence-electron chi connectivity index (χ1n) is 7.16. The molecule has 2 saturated carbocycles. The predicted octanol–water partition coefficient (Wildman–Crippen LogP) is 2.70. The lowest BCUT2D eigenvalue weighted by Gasteiger charge is -2.33. The fraction of sp³-hybridized carbons (Fsp3) is 1.00. The predicted molar refractivity (Wildman–Crippen MR) is 67.4 cm³/mol. The Balaban J connectivity index is 1.85. The maximum Gasteiger partial charge on any atom is 0.0693 e. The van der Waals surface area contributed by atoms with Crippen LogP contribution in [0.25, 0.3) is 0 Å². The Morgan fingerprint density at radius 3 is 2.44 bits per heavy atom. The molecule has 0 saturated heterocycles. The van der Waals surface area contributed by atoms with Crippen LogP contribution in [0.15, 0.2) is 0 Å². The fourth-order valence-corrected chi connectivity index (χ4v) is 3.64. The SMILES string of the molecule is CCC1CCC(N[C@H]2CCCC[C@@H]2O)C1C. The minimum absolute atomic E-state index is 0.0957. The van der Waals surface area contributed by atoms with Crippen LogP contribution in [-0.2, 0) is 0 Å². The van der Waals surface area contributed by atoms with E-state index in [2.05, 4.69) is 19.2 Å². The highest BCUT2D eigenvalue weighted by molar-refractivity contribution is 4.91. The van der Waals surface area contributed by atoms with Crippen molar-refractivity contribution in [2.45, 2.75) is 77.0 Å². The maximum absolute atomic E-state index is 9.98. The largest absolute Gasteiger partial charge is 0.392 e. The summed E-state index contributed by atoms with van der Waals surface area (Å²) in [4.78, 5) is 0. The number of hydrogen-bond donors (Lipinski definition) is 2. The molecule has 2 heteroatoms. The van der Waals surface area contributed by atoms with Gasteiger partial charge in [-0.1, -0.05) is 33.1 Å². The van der Waals surface area contributed by atoms with E-state index in [1.54, 1.807) is 0 Å². The third-order valence-corrected chi connectivity index (χ3v) is 4.91. The number of aliphatic hydroxyl groups excluding tert-OH is 1. The van der Waals surface area contributed by atoms with E-state index in [-0.39, 0.29) is 6.10 Å². The topological polar surface area (TPSA) is 32.3 Å². The molecule has 0 bridgehead atoms. The monoisotopic (exact) mass is 225 g/mol. The lowest BCUT2D eigenvalue weighted by Crippen LogP contribution is -2.48. The van der Waals surface area contributed by atoms with Crippen LogP contribution in [0.2, 0.25) is 0 Å². The zero-order chi connectivity index (χ0) is 11.5. The lowest BCUT2D eigenvalue weighted by atomic mass is 9.89. The number of hydrogen-bond acceptors (Lipinski definition) is 2. The summed E-state index contributed by atoms with van der Waals surface area (Å²) in [6.45, 7) is 4.69. The summed E-state index contributed by atoms with van der Waals surface area (Å²) in [6, 6.07) is 1.03. The summed E-state index contributed by atoms with van der Waals surface area (Å²) in [6.07, 6.45) is 8.55. The van der Waals surface area contributed by atoms with Crippen LogP contribution in [0.1, 0.15) is 58.8 Å². The van der Waals surface area contributed by atoms with Gasteiger partial charge in [0.1, 0.15) is 0 Å². The van der Waals surface area contributed by atoms with Gasteiger partial charge in [-0.05, 0) is 37.5 Å². The zero-order valence-corrected chi connectivity index (χ0v) is 10.8. The molecule has 5 atom stereocenters. The van der Waals surface area contributed by atoms with Crippen molar-refractivity contribution in [2.24, 2.45) is 11.8 Å². The molecular formula is C14H27NO. The van der Waals surface area contributed by atoms with Gasteiger partial charge in [0, 0.05) is 12.1 Å². The molecule has 2 fully saturated rings. The van der Waals surface area contributed by atoms with Gasteiger partial charge < -0.3 is 10.4 Å². The summed E-state index contributed by atoms with van der Waals surface area (Å²) in [5, 5.41) is 13.7. The first-order valence-corrected chi connectivity index (χ1v) is 7.16. The minimum atomic E-state index is -0.0957. The molecule has 0 aliphatic heterocycles. The van der Waals surface area contributed by atoms with Crippen LogP contribution in [0.3, 0.4) is 0 Å². The van der Waals surface area contributed by atoms with Gasteiger partial charge in [0.2, 0.25) is 0 Å². The summed E-state index contributed by atoms with van der Waals surface area (Å²) in [7, 11) is 0. The first-order chi connectivity index (χ1) is 7.72. The van der Waals surface area contributed by atoms with Crippen LogP contribution < -0.4 is 5.32 Å². The molecule has 2 N–H and O–H groups in total. The van der Waals surface area contributed by atoms with E-state index in [1.807, 2.05) is 0 Å². The van der Waals surface area contributed by atoms with E-state index < -0.39 is 0 Å². The molecule has 0 amide bonds. The van der Waals surface area contributed by atoms with E-state index in [0.717, 1.165) is 18.3 Å². The maximum atomic E-state index is 9.98. The second-order valence-electron chi connectivity index (χ2n) is 5.84. The second kappa shape index (κ2) is 5.50. The Bertz CT molecular complexity index is 219. The van der Waals surface area contributed by atoms with Crippen molar-refractivity contribution in [1.29, 1.82) is 0 Å². The van der Waals surface area contributed by atoms with Crippen LogP contribution >= 0.6 is 0 Å². The molecule has 2 nitrogen and oxygen atoms in total. The summed E-state index contributed by atoms with van der Waals surface area (Å²) in [5.41, 5.74) is 0. The highest BCUT2D eigenvalue weighted by atomic mass is 16.3. The first kappa shape index (κ1) is 12.4. The highest BCUT2D eigenvalue weighted by Gasteiger charge is 2.34. The summed E-state index contributed by atoms with van der Waals surface area (Å²) in [5.74, 6) is 1.69. The Morgan fingerprint density at radius 1 is 1.06 bits per heavy atom. The number of nitrogens with one attached hydrogen (secondary N) is 1. The average molecular weight is 225 g/mol. The molecule has 2 aliphatic carbocycles. The van der Waals surface area contributed by atoms with Crippen LogP contribution in [0.5, 0.6) is 0 Å². The van der Waals surface area contributed by atoms with Gasteiger partial charge in [-0.2, -0.15) is 0 Å². The number of aliphatic hydroxyl groups is 1. The number of rotatable bonds is 3. The Kier molecular flexibility index (Phi) is 4.26. The van der Waals surface area contributed by atoms with Crippen molar-refractivity contribution in [3.05, 3.63) is 0 Å². The Morgan fingerprint density at radius 2 is 1.81 bits per heavy atom. The van der Waals surface area contributed by atoms with Gasteiger partial charge in [-0.3, -0.25) is 0 Å². The third kappa shape index (κ3) is 2.60. The lowest BCUT2D eigenvalue weighted by molar-refractivity contribution is 0.0812. The molecule has 16 heavy (non-hydrogen) atoms. The average Bonchev–Trinajstić information content (AvgIpc) is 2.63. The minimum Gasteiger partial charge on any atom is -0.392 e. The van der Waals surface area contributed by atoms with Gasteiger partial charge in [-0.25, -0.2) is 0 Å². The van der Waals surface area contributed by atoms with E-state index in [9.17, 15) is 5.11 Å². The fourth-order valence-electron chi connectivity index (χ4n) is 3.64. The van der Waals surface area contributed by atoms with Crippen molar-refractivity contribution in [1.82, 2.24) is 5.32 Å². The van der Waals surface area contributed by atoms with Gasteiger partial charge >= 0.3 is 0 Å². The molecule has 0 radical (unpaired) electrons. The highest BCUT2D eigenvalue weighted by Crippen LogP contribution is 2.34. The smallest absolute Gasteiger partial charge is 0.0693 e. The van der Waals surface area contributed by atoms with E-state index >= 15 is 0 Å². The van der Waals surface area contributed by atoms with E-state index in [0.29, 0.717) is 12.1 Å². The Labute approximate surface area is 99.8 Å². The van der Waals surface area contributed by atoms with Crippen molar-refractivity contribution in [2.75, 3.05) is 0 Å². The molecule has 94 valence electrons. The molecule has 0 aromatic carbocycles. The second-order valence-corrected chi connectivity index (χ2v) is 5.84. The molecule has 2 rings (SSSR count). The molecule has 0 aromatic rings.